The Morgan fingerprint density at radius 1 is 1.50 bits per heavy atom. The van der Waals surface area contributed by atoms with E-state index >= 15 is 0 Å². The summed E-state index contributed by atoms with van der Waals surface area (Å²) >= 11 is 0. The Labute approximate surface area is 107 Å². The molecule has 102 valence electrons. The maximum atomic E-state index is 11.2. The van der Waals surface area contributed by atoms with Crippen molar-refractivity contribution in [1.29, 1.82) is 0 Å². The van der Waals surface area contributed by atoms with Crippen LogP contribution in [-0.2, 0) is 9.53 Å². The molecular formula is C12H22N4O2. The van der Waals surface area contributed by atoms with Crippen LogP contribution in [0.2, 0.25) is 0 Å². The van der Waals surface area contributed by atoms with Gasteiger partial charge >= 0.3 is 0 Å². The van der Waals surface area contributed by atoms with Gasteiger partial charge in [-0.3, -0.25) is 9.79 Å². The zero-order valence-corrected chi connectivity index (χ0v) is 10.7. The fourth-order valence-electron chi connectivity index (χ4n) is 2.31. The van der Waals surface area contributed by atoms with Gasteiger partial charge in [-0.2, -0.15) is 0 Å². The lowest BCUT2D eigenvalue weighted by atomic mass is 10.0. The van der Waals surface area contributed by atoms with E-state index in [1.54, 1.807) is 0 Å². The number of guanidine groups is 1. The number of rotatable bonds is 4. The number of hydrogen-bond donors (Lipinski definition) is 3. The standard InChI is InChI=1S/C12H22N4O2/c13-12(15-8-10-4-2-6-18-10)14-7-9-3-1-5-11(17)16-9/h9-10H,1-8H2,(H,16,17)(H3,13,14,15). The SMILES string of the molecule is NC(=NCC1CCCO1)NCC1CCCC(=O)N1. The van der Waals surface area contributed by atoms with Crippen LogP contribution >= 0.6 is 0 Å². The molecule has 0 bridgehead atoms. The van der Waals surface area contributed by atoms with E-state index in [2.05, 4.69) is 15.6 Å². The van der Waals surface area contributed by atoms with Crippen molar-refractivity contribution in [3.05, 3.63) is 0 Å². The van der Waals surface area contributed by atoms with Crippen molar-refractivity contribution in [2.24, 2.45) is 10.7 Å². The van der Waals surface area contributed by atoms with Gasteiger partial charge in [0, 0.05) is 25.6 Å². The van der Waals surface area contributed by atoms with Crippen LogP contribution in [0.4, 0.5) is 0 Å². The highest BCUT2D eigenvalue weighted by atomic mass is 16.5. The molecule has 0 aromatic heterocycles. The van der Waals surface area contributed by atoms with Gasteiger partial charge in [0.2, 0.25) is 5.91 Å². The Hall–Kier alpha value is -1.30. The van der Waals surface area contributed by atoms with Gasteiger partial charge in [0.15, 0.2) is 5.96 Å². The third kappa shape index (κ3) is 4.18. The second-order valence-corrected chi connectivity index (χ2v) is 4.90. The highest BCUT2D eigenvalue weighted by Gasteiger charge is 2.18. The Bertz CT molecular complexity index is 313. The molecule has 2 aliphatic rings. The molecule has 0 aliphatic carbocycles. The minimum atomic E-state index is 0.128. The average molecular weight is 254 g/mol. The first-order chi connectivity index (χ1) is 8.74. The Morgan fingerprint density at radius 3 is 3.11 bits per heavy atom. The number of nitrogens with one attached hydrogen (secondary N) is 2. The zero-order valence-electron chi connectivity index (χ0n) is 10.7. The second kappa shape index (κ2) is 6.58. The molecule has 2 saturated heterocycles. The first-order valence-electron chi connectivity index (χ1n) is 6.69. The molecule has 2 unspecified atom stereocenters. The van der Waals surface area contributed by atoms with Crippen molar-refractivity contribution < 1.29 is 9.53 Å². The smallest absolute Gasteiger partial charge is 0.220 e. The normalized spacial score (nSPS) is 29.1. The number of nitrogens with two attached hydrogens (primary N) is 1. The van der Waals surface area contributed by atoms with Crippen LogP contribution in [0.1, 0.15) is 32.1 Å². The van der Waals surface area contributed by atoms with E-state index in [1.165, 1.54) is 0 Å². The first-order valence-corrected chi connectivity index (χ1v) is 6.69. The average Bonchev–Trinajstić information content (AvgIpc) is 2.87. The monoisotopic (exact) mass is 254 g/mol. The maximum Gasteiger partial charge on any atom is 0.220 e. The minimum Gasteiger partial charge on any atom is -0.376 e. The summed E-state index contributed by atoms with van der Waals surface area (Å²) in [6, 6.07) is 0.169. The molecule has 6 nitrogen and oxygen atoms in total. The van der Waals surface area contributed by atoms with Gasteiger partial charge in [-0.25, -0.2) is 0 Å². The third-order valence-electron chi connectivity index (χ3n) is 3.34. The fourth-order valence-corrected chi connectivity index (χ4v) is 2.31. The number of carbonyl (C=O) groups excluding carboxylic acids is 1. The lowest BCUT2D eigenvalue weighted by molar-refractivity contribution is -0.123. The van der Waals surface area contributed by atoms with E-state index in [1.807, 2.05) is 0 Å². The van der Waals surface area contributed by atoms with Crippen molar-refractivity contribution in [1.82, 2.24) is 10.6 Å². The molecule has 4 N–H and O–H groups in total. The van der Waals surface area contributed by atoms with E-state index in [-0.39, 0.29) is 18.1 Å². The highest BCUT2D eigenvalue weighted by molar-refractivity contribution is 5.79. The van der Waals surface area contributed by atoms with Crippen molar-refractivity contribution in [3.8, 4) is 0 Å². The Balaban J connectivity index is 1.65. The summed E-state index contributed by atoms with van der Waals surface area (Å²) < 4.78 is 5.46. The summed E-state index contributed by atoms with van der Waals surface area (Å²) in [5.74, 6) is 0.563. The second-order valence-electron chi connectivity index (χ2n) is 4.90. The summed E-state index contributed by atoms with van der Waals surface area (Å²) in [5, 5.41) is 5.99. The number of piperidine rings is 1. The molecule has 0 aromatic carbocycles. The predicted molar refractivity (Wildman–Crippen MR) is 69.2 cm³/mol. The van der Waals surface area contributed by atoms with E-state index in [4.69, 9.17) is 10.5 Å². The Morgan fingerprint density at radius 2 is 2.39 bits per heavy atom. The van der Waals surface area contributed by atoms with Gasteiger partial charge < -0.3 is 21.1 Å². The van der Waals surface area contributed by atoms with Gasteiger partial charge in [-0.1, -0.05) is 0 Å². The minimum absolute atomic E-state index is 0.128. The van der Waals surface area contributed by atoms with Gasteiger partial charge in [-0.05, 0) is 25.7 Å². The van der Waals surface area contributed by atoms with Crippen LogP contribution in [0, 0.1) is 0 Å². The third-order valence-corrected chi connectivity index (χ3v) is 3.34. The molecular weight excluding hydrogens is 232 g/mol. The molecule has 0 radical (unpaired) electrons. The van der Waals surface area contributed by atoms with E-state index in [0.29, 0.717) is 25.5 Å². The number of hydrogen-bond acceptors (Lipinski definition) is 3. The van der Waals surface area contributed by atoms with Crippen molar-refractivity contribution in [3.63, 3.8) is 0 Å². The van der Waals surface area contributed by atoms with Gasteiger partial charge in [0.25, 0.3) is 0 Å². The van der Waals surface area contributed by atoms with Crippen molar-refractivity contribution in [2.75, 3.05) is 19.7 Å². The number of ether oxygens (including phenoxy) is 1. The summed E-state index contributed by atoms with van der Waals surface area (Å²) in [6.07, 6.45) is 4.98. The van der Waals surface area contributed by atoms with E-state index in [0.717, 1.165) is 32.3 Å². The summed E-state index contributed by atoms with van der Waals surface area (Å²) in [7, 11) is 0. The molecule has 2 heterocycles. The van der Waals surface area contributed by atoms with Crippen LogP contribution in [0.3, 0.4) is 0 Å². The molecule has 0 saturated carbocycles. The van der Waals surface area contributed by atoms with Crippen LogP contribution in [0.25, 0.3) is 0 Å². The summed E-state index contributed by atoms with van der Waals surface area (Å²) in [5.41, 5.74) is 5.77. The van der Waals surface area contributed by atoms with Crippen LogP contribution < -0.4 is 16.4 Å². The first kappa shape index (κ1) is 13.1. The molecule has 0 aromatic rings. The lowest BCUT2D eigenvalue weighted by Crippen LogP contribution is -2.47. The van der Waals surface area contributed by atoms with Crippen molar-refractivity contribution in [2.45, 2.75) is 44.2 Å². The van der Waals surface area contributed by atoms with Gasteiger partial charge in [0.05, 0.1) is 12.6 Å². The molecule has 2 fully saturated rings. The van der Waals surface area contributed by atoms with E-state index < -0.39 is 0 Å². The largest absolute Gasteiger partial charge is 0.376 e. The van der Waals surface area contributed by atoms with Crippen molar-refractivity contribution >= 4 is 11.9 Å². The van der Waals surface area contributed by atoms with Gasteiger partial charge in [-0.15, -0.1) is 0 Å². The zero-order chi connectivity index (χ0) is 12.8. The van der Waals surface area contributed by atoms with Crippen LogP contribution in [0.5, 0.6) is 0 Å². The molecule has 2 atom stereocenters. The molecule has 1 amide bonds. The van der Waals surface area contributed by atoms with Crippen LogP contribution in [-0.4, -0.2) is 43.7 Å². The Kier molecular flexibility index (Phi) is 4.81. The lowest BCUT2D eigenvalue weighted by Gasteiger charge is -2.23. The molecule has 2 aliphatic heterocycles. The number of amides is 1. The molecule has 18 heavy (non-hydrogen) atoms. The highest BCUT2D eigenvalue weighted by Crippen LogP contribution is 2.11. The number of carbonyl (C=O) groups is 1. The molecule has 2 rings (SSSR count). The molecule has 0 spiro atoms. The number of nitrogens with zero attached hydrogens (tertiary/aromatic N) is 1. The van der Waals surface area contributed by atoms with Gasteiger partial charge in [0.1, 0.15) is 0 Å². The summed E-state index contributed by atoms with van der Waals surface area (Å²) in [4.78, 5) is 15.5. The molecule has 6 heteroatoms. The quantitative estimate of drug-likeness (QED) is 0.476. The van der Waals surface area contributed by atoms with Crippen LogP contribution in [0.15, 0.2) is 4.99 Å². The van der Waals surface area contributed by atoms with E-state index in [9.17, 15) is 4.79 Å². The number of aliphatic imine (C=N–C) groups is 1. The topological polar surface area (TPSA) is 88.7 Å². The predicted octanol–water partition coefficient (Wildman–Crippen LogP) is -0.262. The summed E-state index contributed by atoms with van der Waals surface area (Å²) in [6.45, 7) is 2.10. The maximum absolute atomic E-state index is 11.2. The fraction of sp³-hybridized carbons (Fsp3) is 0.833.